The summed E-state index contributed by atoms with van der Waals surface area (Å²) in [4.78, 5) is 25.8. The summed E-state index contributed by atoms with van der Waals surface area (Å²) in [6.45, 7) is 12.4. The van der Waals surface area contributed by atoms with Crippen LogP contribution in [-0.4, -0.2) is 27.4 Å². The van der Waals surface area contributed by atoms with Crippen LogP contribution in [0, 0.1) is 24.7 Å². The third kappa shape index (κ3) is 6.43. The van der Waals surface area contributed by atoms with E-state index in [0.29, 0.717) is 28.0 Å². The van der Waals surface area contributed by atoms with Gasteiger partial charge in [0.1, 0.15) is 0 Å². The van der Waals surface area contributed by atoms with E-state index in [4.69, 9.17) is 11.6 Å². The van der Waals surface area contributed by atoms with E-state index in [1.807, 2.05) is 40.7 Å². The Bertz CT molecular complexity index is 943. The molecule has 0 bridgehead atoms. The van der Waals surface area contributed by atoms with Gasteiger partial charge in [0, 0.05) is 18.7 Å². The number of nitrogens with zero attached hydrogens (tertiary/aromatic N) is 3. The van der Waals surface area contributed by atoms with Gasteiger partial charge in [-0.25, -0.2) is 4.98 Å². The molecule has 0 saturated heterocycles. The number of halogens is 1. The van der Waals surface area contributed by atoms with Gasteiger partial charge in [0.25, 0.3) is 0 Å². The molecule has 160 valence electrons. The highest BCUT2D eigenvalue weighted by Crippen LogP contribution is 2.23. The van der Waals surface area contributed by atoms with Gasteiger partial charge in [-0.2, -0.15) is 4.98 Å². The van der Waals surface area contributed by atoms with Crippen molar-refractivity contribution in [3.63, 3.8) is 0 Å². The van der Waals surface area contributed by atoms with Gasteiger partial charge >= 0.3 is 0 Å². The number of rotatable bonds is 7. The lowest BCUT2D eigenvalue weighted by molar-refractivity contribution is -0.118. The average Bonchev–Trinajstić information content (AvgIpc) is 2.67. The van der Waals surface area contributed by atoms with E-state index < -0.39 is 5.41 Å². The molecule has 0 fully saturated rings. The van der Waals surface area contributed by atoms with E-state index in [-0.39, 0.29) is 11.8 Å². The first-order valence-corrected chi connectivity index (χ1v) is 10.6. The smallest absolute Gasteiger partial charge is 0.228 e. The number of aryl methyl sites for hydroxylation is 1. The minimum absolute atomic E-state index is 0.116. The molecular formula is C23H30ClN5O. The maximum Gasteiger partial charge on any atom is 0.228 e. The molecule has 0 aliphatic carbocycles. The van der Waals surface area contributed by atoms with Crippen molar-refractivity contribution in [2.45, 2.75) is 59.8 Å². The lowest BCUT2D eigenvalue weighted by atomic mass is 9.89. The third-order valence-electron chi connectivity index (χ3n) is 4.54. The molecule has 2 heterocycles. The number of nitrogens with one attached hydrogen (secondary N) is 2. The van der Waals surface area contributed by atoms with Crippen LogP contribution in [0.5, 0.6) is 0 Å². The van der Waals surface area contributed by atoms with Crippen molar-refractivity contribution in [3.8, 4) is 11.8 Å². The van der Waals surface area contributed by atoms with Crippen molar-refractivity contribution >= 4 is 29.3 Å². The summed E-state index contributed by atoms with van der Waals surface area (Å²) < 4.78 is 0. The molecule has 2 rings (SSSR count). The van der Waals surface area contributed by atoms with Gasteiger partial charge < -0.3 is 10.6 Å². The maximum atomic E-state index is 12.3. The van der Waals surface area contributed by atoms with Gasteiger partial charge in [-0.15, -0.1) is 0 Å². The summed E-state index contributed by atoms with van der Waals surface area (Å²) in [6, 6.07) is 3.66. The van der Waals surface area contributed by atoms with Gasteiger partial charge in [0.15, 0.2) is 5.82 Å². The van der Waals surface area contributed by atoms with E-state index in [0.717, 1.165) is 25.1 Å². The molecule has 0 aliphatic heterocycles. The van der Waals surface area contributed by atoms with Crippen molar-refractivity contribution in [2.75, 3.05) is 17.2 Å². The summed E-state index contributed by atoms with van der Waals surface area (Å²) >= 11 is 5.95. The predicted octanol–water partition coefficient (Wildman–Crippen LogP) is 4.97. The van der Waals surface area contributed by atoms with Crippen LogP contribution >= 0.6 is 11.6 Å². The molecule has 0 radical (unpaired) electrons. The molecule has 1 amide bonds. The highest BCUT2D eigenvalue weighted by Gasteiger charge is 2.20. The number of carbonyl (C=O) groups excluding carboxylic acids is 1. The lowest BCUT2D eigenvalue weighted by Gasteiger charge is -2.17. The number of hydrogen-bond donors (Lipinski definition) is 2. The Morgan fingerprint density at radius 3 is 2.60 bits per heavy atom. The average molecular weight is 428 g/mol. The molecule has 0 atom stereocenters. The van der Waals surface area contributed by atoms with E-state index >= 15 is 0 Å². The number of anilines is 2. The fourth-order valence-electron chi connectivity index (χ4n) is 2.56. The maximum absolute atomic E-state index is 12.3. The minimum atomic E-state index is -0.519. The van der Waals surface area contributed by atoms with Crippen LogP contribution in [0.3, 0.4) is 0 Å². The highest BCUT2D eigenvalue weighted by molar-refractivity contribution is 6.30. The van der Waals surface area contributed by atoms with Crippen molar-refractivity contribution in [1.29, 1.82) is 0 Å². The predicted molar refractivity (Wildman–Crippen MR) is 123 cm³/mol. The van der Waals surface area contributed by atoms with Gasteiger partial charge in [-0.05, 0) is 39.3 Å². The van der Waals surface area contributed by atoms with Gasteiger partial charge in [0.05, 0.1) is 27.4 Å². The number of pyridine rings is 1. The molecule has 30 heavy (non-hydrogen) atoms. The first-order chi connectivity index (χ1) is 14.1. The standard InChI is InChI=1S/C23H30ClN5O/c1-7-8-13-25-22-27-16(4)18(20(29-22)28-21(30)15(2)3)11-12-23(5,6)19-10-9-17(24)14-26-19/h9-10,14-15H,7-8,13H2,1-6H3,(H2,25,27,28,29,30). The summed E-state index contributed by atoms with van der Waals surface area (Å²) in [5.74, 6) is 7.07. The third-order valence-corrected chi connectivity index (χ3v) is 4.76. The second-order valence-electron chi connectivity index (χ2n) is 8.02. The molecule has 0 aromatic carbocycles. The van der Waals surface area contributed by atoms with Crippen LogP contribution in [-0.2, 0) is 10.2 Å². The van der Waals surface area contributed by atoms with E-state index in [2.05, 4.69) is 44.4 Å². The van der Waals surface area contributed by atoms with Crippen LogP contribution in [0.25, 0.3) is 0 Å². The van der Waals surface area contributed by atoms with Gasteiger partial charge in [-0.3, -0.25) is 9.78 Å². The molecular weight excluding hydrogens is 398 g/mol. The zero-order chi connectivity index (χ0) is 22.3. The first kappa shape index (κ1) is 23.6. The Labute approximate surface area is 184 Å². The lowest BCUT2D eigenvalue weighted by Crippen LogP contribution is -2.21. The zero-order valence-corrected chi connectivity index (χ0v) is 19.3. The fourth-order valence-corrected chi connectivity index (χ4v) is 2.67. The zero-order valence-electron chi connectivity index (χ0n) is 18.6. The Morgan fingerprint density at radius 1 is 1.27 bits per heavy atom. The number of aromatic nitrogens is 3. The van der Waals surface area contributed by atoms with Crippen LogP contribution < -0.4 is 10.6 Å². The van der Waals surface area contributed by atoms with E-state index in [1.54, 1.807) is 12.3 Å². The number of amides is 1. The second kappa shape index (κ2) is 10.4. The van der Waals surface area contributed by atoms with E-state index in [1.165, 1.54) is 0 Å². The first-order valence-electron chi connectivity index (χ1n) is 10.2. The van der Waals surface area contributed by atoms with Crippen molar-refractivity contribution < 1.29 is 4.79 Å². The fraction of sp³-hybridized carbons (Fsp3) is 0.478. The van der Waals surface area contributed by atoms with Crippen molar-refractivity contribution in [3.05, 3.63) is 40.3 Å². The van der Waals surface area contributed by atoms with Crippen molar-refractivity contribution in [1.82, 2.24) is 15.0 Å². The Hall–Kier alpha value is -2.65. The summed E-state index contributed by atoms with van der Waals surface area (Å²) in [7, 11) is 0. The Kier molecular flexibility index (Phi) is 8.19. The largest absolute Gasteiger partial charge is 0.354 e. The molecule has 2 aromatic rings. The molecule has 2 N–H and O–H groups in total. The van der Waals surface area contributed by atoms with Gasteiger partial charge in [0.2, 0.25) is 11.9 Å². The number of carbonyl (C=O) groups is 1. The molecule has 6 nitrogen and oxygen atoms in total. The normalized spacial score (nSPS) is 11.1. The molecule has 0 aliphatic rings. The monoisotopic (exact) mass is 427 g/mol. The SMILES string of the molecule is CCCCNc1nc(C)c(C#CC(C)(C)c2ccc(Cl)cn2)c(NC(=O)C(C)C)n1. The molecule has 7 heteroatoms. The Balaban J connectivity index is 2.43. The van der Waals surface area contributed by atoms with Crippen LogP contribution in [0.4, 0.5) is 11.8 Å². The Morgan fingerprint density at radius 2 is 2.00 bits per heavy atom. The van der Waals surface area contributed by atoms with Crippen LogP contribution in [0.2, 0.25) is 5.02 Å². The summed E-state index contributed by atoms with van der Waals surface area (Å²) in [6.07, 6.45) is 3.69. The number of unbranched alkanes of at least 4 members (excludes halogenated alkanes) is 1. The van der Waals surface area contributed by atoms with E-state index in [9.17, 15) is 4.79 Å². The molecule has 0 unspecified atom stereocenters. The van der Waals surface area contributed by atoms with Crippen molar-refractivity contribution in [2.24, 2.45) is 5.92 Å². The summed E-state index contributed by atoms with van der Waals surface area (Å²) in [5.41, 5.74) is 1.60. The molecule has 0 spiro atoms. The second-order valence-corrected chi connectivity index (χ2v) is 8.45. The molecule has 0 saturated carbocycles. The topological polar surface area (TPSA) is 79.8 Å². The van der Waals surface area contributed by atoms with Crippen LogP contribution in [0.1, 0.15) is 64.4 Å². The van der Waals surface area contributed by atoms with Gasteiger partial charge in [-0.1, -0.05) is 50.6 Å². The minimum Gasteiger partial charge on any atom is -0.354 e. The summed E-state index contributed by atoms with van der Waals surface area (Å²) in [5, 5.41) is 6.70. The quantitative estimate of drug-likeness (QED) is 0.481. The highest BCUT2D eigenvalue weighted by atomic mass is 35.5. The number of hydrogen-bond acceptors (Lipinski definition) is 5. The van der Waals surface area contributed by atoms with Crippen LogP contribution in [0.15, 0.2) is 18.3 Å². The molecule has 2 aromatic heterocycles.